The van der Waals surface area contributed by atoms with Crippen LogP contribution in [0, 0.1) is 17.0 Å². The molecule has 1 amide bonds. The molecule has 0 spiro atoms. The van der Waals surface area contributed by atoms with Gasteiger partial charge < -0.3 is 9.64 Å². The molecule has 0 N–H and O–H groups in total. The molecule has 2 fully saturated rings. The molecule has 1 unspecified atom stereocenters. The lowest BCUT2D eigenvalue weighted by Crippen LogP contribution is -2.51. The molecule has 0 aliphatic carbocycles. The molecule has 0 radical (unpaired) electrons. The summed E-state index contributed by atoms with van der Waals surface area (Å²) in [5, 5.41) is 15.6. The van der Waals surface area contributed by atoms with Crippen LogP contribution in [0.15, 0.2) is 35.1 Å². The van der Waals surface area contributed by atoms with Crippen molar-refractivity contribution in [3.8, 4) is 5.69 Å². The highest BCUT2D eigenvalue weighted by Crippen LogP contribution is 2.22. The zero-order chi connectivity index (χ0) is 22.0. The van der Waals surface area contributed by atoms with E-state index >= 15 is 0 Å². The van der Waals surface area contributed by atoms with Crippen LogP contribution in [0.25, 0.3) is 5.69 Å². The smallest absolute Gasteiger partial charge is 0.294 e. The predicted octanol–water partition coefficient (Wildman–Crippen LogP) is 1.39. The van der Waals surface area contributed by atoms with Crippen LogP contribution in [-0.2, 0) is 4.74 Å². The molecule has 2 saturated heterocycles. The molecule has 2 aliphatic heterocycles. The summed E-state index contributed by atoms with van der Waals surface area (Å²) < 4.78 is 6.98. The maximum Gasteiger partial charge on any atom is 0.294 e. The van der Waals surface area contributed by atoms with Gasteiger partial charge in [0.2, 0.25) is 5.43 Å². The Morgan fingerprint density at radius 3 is 2.68 bits per heavy atom. The Bertz CT molecular complexity index is 1040. The molecule has 1 atom stereocenters. The van der Waals surface area contributed by atoms with Gasteiger partial charge in [-0.25, -0.2) is 4.68 Å². The van der Waals surface area contributed by atoms with Crippen LogP contribution in [0.3, 0.4) is 0 Å². The van der Waals surface area contributed by atoms with Crippen LogP contribution in [-0.4, -0.2) is 75.8 Å². The SMILES string of the molecule is Cc1cc(=O)c(C(=O)N2CCN(CC3CCCO3)CC2)nn1-c1ccccc1[N+](=O)[O-]. The highest BCUT2D eigenvalue weighted by atomic mass is 16.6. The van der Waals surface area contributed by atoms with E-state index in [9.17, 15) is 19.7 Å². The molecular formula is C21H25N5O5. The molecule has 31 heavy (non-hydrogen) atoms. The van der Waals surface area contributed by atoms with Crippen molar-refractivity contribution in [3.63, 3.8) is 0 Å². The second-order valence-corrected chi connectivity index (χ2v) is 7.88. The number of nitro benzene ring substituents is 1. The zero-order valence-corrected chi connectivity index (χ0v) is 17.4. The summed E-state index contributed by atoms with van der Waals surface area (Å²) in [4.78, 5) is 40.4. The summed E-state index contributed by atoms with van der Waals surface area (Å²) in [5.74, 6) is -0.450. The van der Waals surface area contributed by atoms with Gasteiger partial charge in [-0.1, -0.05) is 12.1 Å². The van der Waals surface area contributed by atoms with Gasteiger partial charge in [-0.2, -0.15) is 5.10 Å². The van der Waals surface area contributed by atoms with E-state index in [-0.39, 0.29) is 23.2 Å². The van der Waals surface area contributed by atoms with Crippen molar-refractivity contribution >= 4 is 11.6 Å². The Hall–Kier alpha value is -3.11. The Morgan fingerprint density at radius 2 is 2.00 bits per heavy atom. The van der Waals surface area contributed by atoms with Gasteiger partial charge in [-0.05, 0) is 25.8 Å². The van der Waals surface area contributed by atoms with E-state index in [1.165, 1.54) is 16.8 Å². The van der Waals surface area contributed by atoms with Crippen molar-refractivity contribution < 1.29 is 14.5 Å². The number of hydrogen-bond acceptors (Lipinski definition) is 7. The van der Waals surface area contributed by atoms with Crippen LogP contribution < -0.4 is 5.43 Å². The lowest BCUT2D eigenvalue weighted by Gasteiger charge is -2.35. The molecule has 2 aromatic rings. The second kappa shape index (κ2) is 8.94. The van der Waals surface area contributed by atoms with Gasteiger partial charge in [0.05, 0.1) is 11.0 Å². The van der Waals surface area contributed by atoms with Crippen LogP contribution in [0.4, 0.5) is 5.69 Å². The number of carbonyl (C=O) groups excluding carboxylic acids is 1. The standard InChI is InChI=1S/C21H25N5O5/c1-15-13-19(27)20(22-25(15)17-6-2-3-7-18(17)26(29)30)21(28)24-10-8-23(9-11-24)14-16-5-4-12-31-16/h2-3,6-7,13,16H,4-5,8-12,14H2,1H3. The van der Waals surface area contributed by atoms with E-state index < -0.39 is 16.3 Å². The maximum atomic E-state index is 13.1. The first-order chi connectivity index (χ1) is 14.9. The quantitative estimate of drug-likeness (QED) is 0.524. The number of hydrogen-bond donors (Lipinski definition) is 0. The van der Waals surface area contributed by atoms with Gasteiger partial charge in [0.15, 0.2) is 5.69 Å². The van der Waals surface area contributed by atoms with E-state index in [1.807, 2.05) is 0 Å². The van der Waals surface area contributed by atoms with E-state index in [2.05, 4.69) is 10.00 Å². The predicted molar refractivity (Wildman–Crippen MR) is 113 cm³/mol. The first-order valence-electron chi connectivity index (χ1n) is 10.4. The first kappa shape index (κ1) is 21.1. The van der Waals surface area contributed by atoms with Gasteiger partial charge in [-0.15, -0.1) is 0 Å². The fourth-order valence-electron chi connectivity index (χ4n) is 4.10. The lowest BCUT2D eigenvalue weighted by molar-refractivity contribution is -0.384. The number of para-hydroxylation sites is 2. The number of nitro groups is 1. The molecular weight excluding hydrogens is 402 g/mol. The molecule has 2 aliphatic rings. The fraction of sp³-hybridized carbons (Fsp3) is 0.476. The minimum absolute atomic E-state index is 0.150. The van der Waals surface area contributed by atoms with E-state index in [0.29, 0.717) is 31.9 Å². The number of piperazine rings is 1. The number of rotatable bonds is 5. The van der Waals surface area contributed by atoms with Crippen molar-refractivity contribution in [3.05, 3.63) is 62.1 Å². The van der Waals surface area contributed by atoms with Crippen molar-refractivity contribution in [2.24, 2.45) is 0 Å². The van der Waals surface area contributed by atoms with Crippen molar-refractivity contribution in [1.29, 1.82) is 0 Å². The molecule has 0 bridgehead atoms. The Morgan fingerprint density at radius 1 is 1.26 bits per heavy atom. The van der Waals surface area contributed by atoms with Crippen LogP contribution in [0.5, 0.6) is 0 Å². The van der Waals surface area contributed by atoms with E-state index in [1.54, 1.807) is 30.0 Å². The van der Waals surface area contributed by atoms with E-state index in [0.717, 1.165) is 26.0 Å². The van der Waals surface area contributed by atoms with E-state index in [4.69, 9.17) is 4.74 Å². The minimum atomic E-state index is -0.511. The normalized spacial score (nSPS) is 19.5. The Labute approximate surface area is 179 Å². The summed E-state index contributed by atoms with van der Waals surface area (Å²) in [6.07, 6.45) is 2.42. The summed E-state index contributed by atoms with van der Waals surface area (Å²) >= 11 is 0. The maximum absolute atomic E-state index is 13.1. The number of carbonyl (C=O) groups is 1. The molecule has 1 aromatic heterocycles. The lowest BCUT2D eigenvalue weighted by atomic mass is 10.2. The minimum Gasteiger partial charge on any atom is -0.377 e. The van der Waals surface area contributed by atoms with Crippen molar-refractivity contribution in [2.75, 3.05) is 39.3 Å². The summed E-state index contributed by atoms with van der Waals surface area (Å²) in [7, 11) is 0. The molecule has 10 nitrogen and oxygen atoms in total. The van der Waals surface area contributed by atoms with Gasteiger partial charge in [0.1, 0.15) is 5.69 Å². The monoisotopic (exact) mass is 427 g/mol. The van der Waals surface area contributed by atoms with Crippen LogP contribution in [0.1, 0.15) is 29.0 Å². The highest BCUT2D eigenvalue weighted by molar-refractivity contribution is 5.92. The summed E-state index contributed by atoms with van der Waals surface area (Å²) in [6.45, 7) is 5.69. The topological polar surface area (TPSA) is 111 Å². The van der Waals surface area contributed by atoms with Crippen LogP contribution >= 0.6 is 0 Å². The molecule has 164 valence electrons. The molecule has 0 saturated carbocycles. The number of ether oxygens (including phenoxy) is 1. The number of amides is 1. The Kier molecular flexibility index (Phi) is 6.10. The third kappa shape index (κ3) is 4.49. The van der Waals surface area contributed by atoms with Gasteiger partial charge in [0, 0.05) is 57.2 Å². The number of aryl methyl sites for hydroxylation is 1. The average Bonchev–Trinajstić information content (AvgIpc) is 3.27. The summed E-state index contributed by atoms with van der Waals surface area (Å²) in [6, 6.07) is 7.41. The van der Waals surface area contributed by atoms with Gasteiger partial charge in [-0.3, -0.25) is 24.6 Å². The van der Waals surface area contributed by atoms with Crippen molar-refractivity contribution in [1.82, 2.24) is 19.6 Å². The highest BCUT2D eigenvalue weighted by Gasteiger charge is 2.28. The van der Waals surface area contributed by atoms with Gasteiger partial charge in [0.25, 0.3) is 11.6 Å². The zero-order valence-electron chi connectivity index (χ0n) is 17.4. The molecule has 10 heteroatoms. The third-order valence-electron chi connectivity index (χ3n) is 5.76. The number of nitrogens with zero attached hydrogens (tertiary/aromatic N) is 5. The summed E-state index contributed by atoms with van der Waals surface area (Å²) in [5.41, 5.74) is -0.240. The number of benzene rings is 1. The first-order valence-corrected chi connectivity index (χ1v) is 10.4. The average molecular weight is 427 g/mol. The largest absolute Gasteiger partial charge is 0.377 e. The van der Waals surface area contributed by atoms with Gasteiger partial charge >= 0.3 is 0 Å². The fourth-order valence-corrected chi connectivity index (χ4v) is 4.10. The number of aromatic nitrogens is 2. The Balaban J connectivity index is 1.53. The molecule has 1 aromatic carbocycles. The second-order valence-electron chi connectivity index (χ2n) is 7.88. The third-order valence-corrected chi connectivity index (χ3v) is 5.76. The van der Waals surface area contributed by atoms with Crippen molar-refractivity contribution in [2.45, 2.75) is 25.9 Å². The molecule has 3 heterocycles. The van der Waals surface area contributed by atoms with Crippen LogP contribution in [0.2, 0.25) is 0 Å². The molecule has 4 rings (SSSR count).